The molecule has 4 nitrogen and oxygen atoms in total. The van der Waals surface area contributed by atoms with Crippen molar-refractivity contribution in [3.63, 3.8) is 0 Å². The van der Waals surface area contributed by atoms with Gasteiger partial charge in [-0.1, -0.05) is 0 Å². The van der Waals surface area contributed by atoms with E-state index in [1.807, 2.05) is 0 Å². The summed E-state index contributed by atoms with van der Waals surface area (Å²) in [4.78, 5) is 17.0. The topological polar surface area (TPSA) is 93.2 Å². The number of hydrogen-bond donors (Lipinski definition) is 0. The van der Waals surface area contributed by atoms with E-state index in [4.69, 9.17) is 14.1 Å². The van der Waals surface area contributed by atoms with Crippen LogP contribution in [0.3, 0.4) is 0 Å². The maximum Gasteiger partial charge on any atom is 2.00 e. The van der Waals surface area contributed by atoms with Crippen LogP contribution < -0.4 is 39.1 Å². The third kappa shape index (κ3) is 79.1. The van der Waals surface area contributed by atoms with Crippen LogP contribution in [0.15, 0.2) is 0 Å². The van der Waals surface area contributed by atoms with Crippen molar-refractivity contribution in [3.05, 3.63) is 0 Å². The monoisotopic (exact) mass is 156 g/mol. The predicted octanol–water partition coefficient (Wildman–Crippen LogP) is -6.43. The van der Waals surface area contributed by atoms with Gasteiger partial charge >= 0.3 is 67.3 Å². The van der Waals surface area contributed by atoms with E-state index in [1.54, 1.807) is 0 Å². The van der Waals surface area contributed by atoms with E-state index in [0.717, 1.165) is 0 Å². The third-order valence-corrected chi connectivity index (χ3v) is 0. The zero-order chi connectivity index (χ0) is 3.58. The predicted molar refractivity (Wildman–Crippen MR) is 14.1 cm³/mol. The van der Waals surface area contributed by atoms with Crippen molar-refractivity contribution < 1.29 is 49.1 Å². The molecule has 1 N–H and O–H groups in total. The number of rotatable bonds is 0. The summed E-state index contributed by atoms with van der Waals surface area (Å²) in [5.74, 6) is 0. The van der Waals surface area contributed by atoms with Crippen molar-refractivity contribution in [3.8, 4) is 0 Å². The van der Waals surface area contributed by atoms with Gasteiger partial charge in [-0.2, -0.15) is 0 Å². The van der Waals surface area contributed by atoms with Gasteiger partial charge in [0.2, 0.25) is 0 Å². The molecular formula is HCaNaO4Si. The van der Waals surface area contributed by atoms with E-state index < -0.39 is 9.17 Å². The summed E-state index contributed by atoms with van der Waals surface area (Å²) < 4.78 is 8.52. The average molecular weight is 156 g/mol. The number of hydrogen-bond acceptors (Lipinski definition) is 4. The summed E-state index contributed by atoms with van der Waals surface area (Å²) in [5.41, 5.74) is 0. The first-order valence-electron chi connectivity index (χ1n) is 0.612. The maximum atomic E-state index is 8.52. The first-order valence-corrected chi connectivity index (χ1v) is 1.84. The maximum absolute atomic E-state index is 8.52. The molecule has 7 heteroatoms. The standard InChI is InChI=1S/Ca.Na.O3Si.H2O/c;;1-4(2)3;/h;;;1H2/q+2;+1;-2;/p-1. The van der Waals surface area contributed by atoms with Gasteiger partial charge in [-0.3, -0.25) is 0 Å². The molecule has 0 bridgehead atoms. The Balaban J connectivity index is -0.0000000150. The van der Waals surface area contributed by atoms with Gasteiger partial charge in [0, 0.05) is 9.17 Å². The summed E-state index contributed by atoms with van der Waals surface area (Å²) in [7, 11) is -3.63. The minimum Gasteiger partial charge on any atom is -0.870 e. The van der Waals surface area contributed by atoms with Gasteiger partial charge in [-0.15, -0.1) is 0 Å². The Kier molecular flexibility index (Phi) is 51.9. The van der Waals surface area contributed by atoms with Crippen molar-refractivity contribution in [1.29, 1.82) is 0 Å². The quantitative estimate of drug-likeness (QED) is 0.326. The molecule has 0 aromatic carbocycles. The Morgan fingerprint density at radius 1 is 1.29 bits per heavy atom. The normalized spacial score (nSPS) is 3.43. The van der Waals surface area contributed by atoms with Crippen molar-refractivity contribution in [2.45, 2.75) is 0 Å². The Hall–Kier alpha value is 1.84. The first kappa shape index (κ1) is 23.2. The average Bonchev–Trinajstić information content (AvgIpc) is 0.811. The fourth-order valence-electron chi connectivity index (χ4n) is 0. The summed E-state index contributed by atoms with van der Waals surface area (Å²) in [5, 5.41) is 0. The molecule has 7 heavy (non-hydrogen) atoms. The molecule has 0 aliphatic rings. The molecule has 0 aliphatic heterocycles. The van der Waals surface area contributed by atoms with E-state index in [9.17, 15) is 0 Å². The summed E-state index contributed by atoms with van der Waals surface area (Å²) in [6.07, 6.45) is 0. The van der Waals surface area contributed by atoms with Crippen LogP contribution in [-0.4, -0.2) is 52.4 Å². The van der Waals surface area contributed by atoms with Crippen molar-refractivity contribution in [1.82, 2.24) is 0 Å². The largest absolute Gasteiger partial charge is 2.00 e. The minimum absolute atomic E-state index is 0. The van der Waals surface area contributed by atoms with E-state index >= 15 is 0 Å². The van der Waals surface area contributed by atoms with Crippen LogP contribution in [0, 0.1) is 0 Å². The Morgan fingerprint density at radius 2 is 1.29 bits per heavy atom. The molecule has 0 fully saturated rings. The molecule has 0 heterocycles. The van der Waals surface area contributed by atoms with Gasteiger partial charge in [0.25, 0.3) is 0 Å². The molecule has 0 aromatic rings. The fourth-order valence-corrected chi connectivity index (χ4v) is 0. The Bertz CT molecular complexity index is 34.7. The van der Waals surface area contributed by atoms with Gasteiger partial charge in [-0.05, 0) is 0 Å². The molecule has 0 rings (SSSR count). The van der Waals surface area contributed by atoms with Crippen LogP contribution in [0.4, 0.5) is 0 Å². The SMILES string of the molecule is O=[Si]([O-])[O-].[Ca+2].[Na+].[OH-]. The molecule has 0 spiro atoms. The van der Waals surface area contributed by atoms with E-state index in [-0.39, 0.29) is 72.8 Å². The molecular weight excluding hydrogens is 155 g/mol. The van der Waals surface area contributed by atoms with Crippen LogP contribution in [-0.2, 0) is 4.46 Å². The summed E-state index contributed by atoms with van der Waals surface area (Å²) >= 11 is 0. The zero-order valence-electron chi connectivity index (χ0n) is 3.88. The molecule has 0 aromatic heterocycles. The van der Waals surface area contributed by atoms with Crippen LogP contribution in [0.1, 0.15) is 0 Å². The van der Waals surface area contributed by atoms with E-state index in [0.29, 0.717) is 0 Å². The second-order valence-corrected chi connectivity index (χ2v) is 0.750. The minimum atomic E-state index is -3.63. The molecule has 32 valence electrons. The smallest absolute Gasteiger partial charge is 0.870 e. The molecule has 0 aliphatic carbocycles. The summed E-state index contributed by atoms with van der Waals surface area (Å²) in [6.45, 7) is 0. The van der Waals surface area contributed by atoms with Gasteiger partial charge in [0.05, 0.1) is 0 Å². The second-order valence-electron chi connectivity index (χ2n) is 0.250. The molecule has 0 saturated heterocycles. The van der Waals surface area contributed by atoms with Gasteiger partial charge in [0.15, 0.2) is 0 Å². The van der Waals surface area contributed by atoms with Crippen molar-refractivity contribution in [2.75, 3.05) is 0 Å². The second kappa shape index (κ2) is 15.7. The van der Waals surface area contributed by atoms with Crippen molar-refractivity contribution >= 4 is 46.9 Å². The van der Waals surface area contributed by atoms with Crippen LogP contribution >= 0.6 is 0 Å². The zero-order valence-corrected chi connectivity index (χ0v) is 9.09. The Morgan fingerprint density at radius 3 is 1.29 bits per heavy atom. The molecule has 0 radical (unpaired) electrons. The van der Waals surface area contributed by atoms with Crippen LogP contribution in [0.5, 0.6) is 0 Å². The summed E-state index contributed by atoms with van der Waals surface area (Å²) in [6, 6.07) is 0. The van der Waals surface area contributed by atoms with Gasteiger partial charge in [-0.25, -0.2) is 0 Å². The van der Waals surface area contributed by atoms with Crippen LogP contribution in [0.25, 0.3) is 0 Å². The molecule has 0 saturated carbocycles. The first-order chi connectivity index (χ1) is 1.73. The third-order valence-electron chi connectivity index (χ3n) is 0. The van der Waals surface area contributed by atoms with E-state index in [2.05, 4.69) is 0 Å². The van der Waals surface area contributed by atoms with Crippen molar-refractivity contribution in [2.24, 2.45) is 0 Å². The fraction of sp³-hybridized carbons (Fsp3) is 0. The molecule has 0 atom stereocenters. The molecule has 0 amide bonds. The van der Waals surface area contributed by atoms with Gasteiger partial charge < -0.3 is 19.5 Å². The Labute approximate surface area is 94.4 Å². The van der Waals surface area contributed by atoms with Gasteiger partial charge in [0.1, 0.15) is 0 Å². The molecule has 0 unspecified atom stereocenters. The van der Waals surface area contributed by atoms with E-state index in [1.165, 1.54) is 0 Å². The van der Waals surface area contributed by atoms with Crippen LogP contribution in [0.2, 0.25) is 0 Å².